The van der Waals surface area contributed by atoms with E-state index < -0.39 is 6.36 Å². The van der Waals surface area contributed by atoms with Crippen molar-refractivity contribution in [2.75, 3.05) is 13.1 Å². The number of halogens is 4. The van der Waals surface area contributed by atoms with Crippen LogP contribution in [-0.2, 0) is 6.54 Å². The number of nitrogens with zero attached hydrogens (tertiary/aromatic N) is 1. The lowest BCUT2D eigenvalue weighted by Gasteiger charge is -2.29. The van der Waals surface area contributed by atoms with Crippen LogP contribution in [0.5, 0.6) is 5.75 Å². The van der Waals surface area contributed by atoms with E-state index in [-0.39, 0.29) is 11.1 Å². The zero-order valence-corrected chi connectivity index (χ0v) is 11.0. The first kappa shape index (κ1) is 14.5. The zero-order valence-electron chi connectivity index (χ0n) is 10.3. The summed E-state index contributed by atoms with van der Waals surface area (Å²) in [5.41, 5.74) is 0.959. The predicted octanol–water partition coefficient (Wildman–Crippen LogP) is 3.79. The van der Waals surface area contributed by atoms with E-state index in [1.165, 1.54) is 12.1 Å². The number of hydrogen-bond acceptors (Lipinski definition) is 2. The highest BCUT2D eigenvalue weighted by molar-refractivity contribution is 6.20. The molecule has 0 radical (unpaired) electrons. The van der Waals surface area contributed by atoms with Crippen LogP contribution in [0.4, 0.5) is 13.2 Å². The molecule has 0 N–H and O–H groups in total. The van der Waals surface area contributed by atoms with E-state index in [0.717, 1.165) is 31.5 Å². The molecule has 2 rings (SSSR count). The summed E-state index contributed by atoms with van der Waals surface area (Å²) < 4.78 is 39.9. The van der Waals surface area contributed by atoms with Crippen LogP contribution in [0.2, 0.25) is 0 Å². The van der Waals surface area contributed by atoms with Crippen molar-refractivity contribution in [2.45, 2.75) is 31.1 Å². The Labute approximate surface area is 115 Å². The van der Waals surface area contributed by atoms with Gasteiger partial charge >= 0.3 is 6.36 Å². The molecular weight excluding hydrogens is 279 g/mol. The minimum atomic E-state index is -4.64. The molecular formula is C13H15ClF3NO. The fourth-order valence-electron chi connectivity index (χ4n) is 2.20. The normalized spacial score (nSPS) is 21.4. The summed E-state index contributed by atoms with van der Waals surface area (Å²) in [6.45, 7) is 2.50. The second-order valence-corrected chi connectivity index (χ2v) is 5.28. The molecule has 1 atom stereocenters. The maximum absolute atomic E-state index is 12.0. The molecule has 1 aliphatic rings. The molecule has 19 heavy (non-hydrogen) atoms. The fraction of sp³-hybridized carbons (Fsp3) is 0.538. The number of likely N-dealkylation sites (tertiary alicyclic amines) is 1. The van der Waals surface area contributed by atoms with Crippen molar-refractivity contribution in [1.82, 2.24) is 4.90 Å². The van der Waals surface area contributed by atoms with Crippen LogP contribution < -0.4 is 4.74 Å². The molecule has 0 amide bonds. The second kappa shape index (κ2) is 6.01. The third-order valence-electron chi connectivity index (χ3n) is 3.01. The van der Waals surface area contributed by atoms with Crippen LogP contribution in [0.25, 0.3) is 0 Å². The van der Waals surface area contributed by atoms with Gasteiger partial charge in [0.05, 0.1) is 0 Å². The summed E-state index contributed by atoms with van der Waals surface area (Å²) in [7, 11) is 0. The van der Waals surface area contributed by atoms with Crippen LogP contribution in [0, 0.1) is 0 Å². The Balaban J connectivity index is 1.91. The van der Waals surface area contributed by atoms with Gasteiger partial charge in [0.25, 0.3) is 0 Å². The standard InChI is InChI=1S/C13H15ClF3NO/c14-11-2-1-7-18(9-11)8-10-3-5-12(6-4-10)19-13(15,16)17/h3-6,11H,1-2,7-9H2. The van der Waals surface area contributed by atoms with Gasteiger partial charge in [0, 0.05) is 18.5 Å². The van der Waals surface area contributed by atoms with Gasteiger partial charge in [-0.1, -0.05) is 12.1 Å². The number of ether oxygens (including phenoxy) is 1. The van der Waals surface area contributed by atoms with Crippen molar-refractivity contribution in [3.63, 3.8) is 0 Å². The Hall–Kier alpha value is -0.940. The Morgan fingerprint density at radius 2 is 1.95 bits per heavy atom. The highest BCUT2D eigenvalue weighted by Crippen LogP contribution is 2.23. The average molecular weight is 294 g/mol. The molecule has 2 nitrogen and oxygen atoms in total. The SMILES string of the molecule is FC(F)(F)Oc1ccc(CN2CCCC(Cl)C2)cc1. The van der Waals surface area contributed by atoms with Gasteiger partial charge in [-0.3, -0.25) is 4.90 Å². The third-order valence-corrected chi connectivity index (χ3v) is 3.37. The first-order chi connectivity index (χ1) is 8.92. The lowest BCUT2D eigenvalue weighted by molar-refractivity contribution is -0.274. The number of piperidine rings is 1. The van der Waals surface area contributed by atoms with Gasteiger partial charge in [0.1, 0.15) is 5.75 Å². The number of benzene rings is 1. The van der Waals surface area contributed by atoms with Gasteiger partial charge in [0.2, 0.25) is 0 Å². The Morgan fingerprint density at radius 3 is 2.53 bits per heavy atom. The van der Waals surface area contributed by atoms with Crippen LogP contribution in [-0.4, -0.2) is 29.7 Å². The molecule has 0 bridgehead atoms. The summed E-state index contributed by atoms with van der Waals surface area (Å²) in [6, 6.07) is 5.98. The van der Waals surface area contributed by atoms with E-state index in [2.05, 4.69) is 9.64 Å². The Kier molecular flexibility index (Phi) is 4.58. The highest BCUT2D eigenvalue weighted by Gasteiger charge is 2.31. The summed E-state index contributed by atoms with van der Waals surface area (Å²) in [5, 5.41) is 0.168. The predicted molar refractivity (Wildman–Crippen MR) is 67.3 cm³/mol. The van der Waals surface area contributed by atoms with Crippen LogP contribution in [0.15, 0.2) is 24.3 Å². The average Bonchev–Trinajstić information content (AvgIpc) is 2.30. The molecule has 6 heteroatoms. The minimum absolute atomic E-state index is 0.168. The molecule has 1 aromatic carbocycles. The van der Waals surface area contributed by atoms with Gasteiger partial charge < -0.3 is 4.74 Å². The number of alkyl halides is 4. The largest absolute Gasteiger partial charge is 0.573 e. The number of rotatable bonds is 3. The molecule has 106 valence electrons. The highest BCUT2D eigenvalue weighted by atomic mass is 35.5. The first-order valence-corrected chi connectivity index (χ1v) is 6.57. The van der Waals surface area contributed by atoms with E-state index in [9.17, 15) is 13.2 Å². The second-order valence-electron chi connectivity index (χ2n) is 4.67. The smallest absolute Gasteiger partial charge is 0.406 e. The first-order valence-electron chi connectivity index (χ1n) is 6.13. The molecule has 0 saturated carbocycles. The minimum Gasteiger partial charge on any atom is -0.406 e. The molecule has 1 aliphatic heterocycles. The molecule has 1 saturated heterocycles. The maximum atomic E-state index is 12.0. The van der Waals surface area contributed by atoms with Gasteiger partial charge in [-0.15, -0.1) is 24.8 Å². The molecule has 0 spiro atoms. The van der Waals surface area contributed by atoms with E-state index in [1.807, 2.05) is 0 Å². The monoisotopic (exact) mass is 293 g/mol. The molecule has 1 unspecified atom stereocenters. The van der Waals surface area contributed by atoms with Gasteiger partial charge in [-0.2, -0.15) is 0 Å². The third kappa shape index (κ3) is 4.91. The maximum Gasteiger partial charge on any atom is 0.573 e. The van der Waals surface area contributed by atoms with Gasteiger partial charge in [0.15, 0.2) is 0 Å². The van der Waals surface area contributed by atoms with Crippen molar-refractivity contribution in [3.8, 4) is 5.75 Å². The zero-order chi connectivity index (χ0) is 13.9. The Morgan fingerprint density at radius 1 is 1.26 bits per heavy atom. The molecule has 1 heterocycles. The summed E-state index contributed by atoms with van der Waals surface area (Å²) in [6.07, 6.45) is -2.56. The molecule has 1 fully saturated rings. The van der Waals surface area contributed by atoms with E-state index in [0.29, 0.717) is 6.54 Å². The van der Waals surface area contributed by atoms with Crippen molar-refractivity contribution in [1.29, 1.82) is 0 Å². The van der Waals surface area contributed by atoms with E-state index in [1.54, 1.807) is 12.1 Å². The lowest BCUT2D eigenvalue weighted by Crippen LogP contribution is -2.35. The van der Waals surface area contributed by atoms with E-state index >= 15 is 0 Å². The van der Waals surface area contributed by atoms with Gasteiger partial charge in [-0.05, 0) is 37.1 Å². The van der Waals surface area contributed by atoms with Crippen LogP contribution in [0.3, 0.4) is 0 Å². The summed E-state index contributed by atoms with van der Waals surface area (Å²) in [5.74, 6) is -0.190. The van der Waals surface area contributed by atoms with Crippen LogP contribution >= 0.6 is 11.6 Å². The summed E-state index contributed by atoms with van der Waals surface area (Å²) in [4.78, 5) is 2.21. The van der Waals surface area contributed by atoms with Gasteiger partial charge in [-0.25, -0.2) is 0 Å². The molecule has 0 aliphatic carbocycles. The molecule has 1 aromatic rings. The van der Waals surface area contributed by atoms with E-state index in [4.69, 9.17) is 11.6 Å². The Bertz CT molecular complexity index is 407. The molecule has 0 aromatic heterocycles. The lowest BCUT2D eigenvalue weighted by atomic mass is 10.1. The quantitative estimate of drug-likeness (QED) is 0.786. The summed E-state index contributed by atoms with van der Waals surface area (Å²) >= 11 is 6.09. The van der Waals surface area contributed by atoms with Crippen molar-refractivity contribution >= 4 is 11.6 Å². The van der Waals surface area contributed by atoms with Crippen molar-refractivity contribution < 1.29 is 17.9 Å². The van der Waals surface area contributed by atoms with Crippen molar-refractivity contribution in [3.05, 3.63) is 29.8 Å². The fourth-order valence-corrected chi connectivity index (χ4v) is 2.55. The topological polar surface area (TPSA) is 12.5 Å². The van der Waals surface area contributed by atoms with Crippen molar-refractivity contribution in [2.24, 2.45) is 0 Å². The van der Waals surface area contributed by atoms with Crippen LogP contribution in [0.1, 0.15) is 18.4 Å². The number of hydrogen-bond donors (Lipinski definition) is 0.